The quantitative estimate of drug-likeness (QED) is 0.786. The molecule has 0 unspecified atom stereocenters. The molecule has 1 saturated carbocycles. The number of nitrogens with two attached hydrogens (primary N) is 2. The van der Waals surface area contributed by atoms with Crippen molar-refractivity contribution >= 4 is 27.1 Å². The molecule has 7 heteroatoms. The number of amides is 1. The van der Waals surface area contributed by atoms with Gasteiger partial charge in [-0.2, -0.15) is 0 Å². The maximum absolute atomic E-state index is 11.6. The molecule has 0 spiro atoms. The van der Waals surface area contributed by atoms with Crippen LogP contribution in [-0.4, -0.2) is 33.2 Å². The van der Waals surface area contributed by atoms with E-state index in [1.807, 2.05) is 4.90 Å². The fourth-order valence-corrected chi connectivity index (χ4v) is 3.48. The second-order valence-electron chi connectivity index (χ2n) is 5.53. The molecular weight excluding hydrogens is 290 g/mol. The van der Waals surface area contributed by atoms with Gasteiger partial charge >= 0.3 is 0 Å². The Labute approximate surface area is 125 Å². The summed E-state index contributed by atoms with van der Waals surface area (Å²) in [5.41, 5.74) is 12.4. The van der Waals surface area contributed by atoms with E-state index in [0.29, 0.717) is 11.4 Å². The van der Waals surface area contributed by atoms with Crippen molar-refractivity contribution in [3.8, 4) is 0 Å². The zero-order chi connectivity index (χ0) is 15.6. The lowest BCUT2D eigenvalue weighted by Crippen LogP contribution is -2.40. The maximum Gasteiger partial charge on any atom is 0.236 e. The SMILES string of the molecule is CS(=O)(=O)c1ccc(N(CC(N)=O)C2CCCC2)c(N)c1. The van der Waals surface area contributed by atoms with E-state index in [1.54, 1.807) is 6.07 Å². The third kappa shape index (κ3) is 3.66. The van der Waals surface area contributed by atoms with Gasteiger partial charge in [0.2, 0.25) is 5.91 Å². The van der Waals surface area contributed by atoms with Crippen molar-refractivity contribution in [3.05, 3.63) is 18.2 Å². The highest BCUT2D eigenvalue weighted by molar-refractivity contribution is 7.90. The van der Waals surface area contributed by atoms with Crippen LogP contribution in [0.2, 0.25) is 0 Å². The van der Waals surface area contributed by atoms with Crippen molar-refractivity contribution in [1.29, 1.82) is 0 Å². The second-order valence-corrected chi connectivity index (χ2v) is 7.54. The van der Waals surface area contributed by atoms with Gasteiger partial charge in [0.25, 0.3) is 0 Å². The molecule has 0 aromatic heterocycles. The van der Waals surface area contributed by atoms with Crippen molar-refractivity contribution in [2.75, 3.05) is 23.4 Å². The number of primary amides is 1. The fraction of sp³-hybridized carbons (Fsp3) is 0.500. The van der Waals surface area contributed by atoms with Crippen LogP contribution in [0.25, 0.3) is 0 Å². The topological polar surface area (TPSA) is 106 Å². The predicted molar refractivity (Wildman–Crippen MR) is 82.8 cm³/mol. The van der Waals surface area contributed by atoms with Crippen LogP contribution >= 0.6 is 0 Å². The number of nitrogens with zero attached hydrogens (tertiary/aromatic N) is 1. The normalized spacial score (nSPS) is 16.0. The fourth-order valence-electron chi connectivity index (χ4n) is 2.82. The van der Waals surface area contributed by atoms with Gasteiger partial charge in [0.1, 0.15) is 0 Å². The average Bonchev–Trinajstić information content (AvgIpc) is 2.88. The Kier molecular flexibility index (Phi) is 4.41. The summed E-state index contributed by atoms with van der Waals surface area (Å²) < 4.78 is 23.1. The molecule has 1 fully saturated rings. The van der Waals surface area contributed by atoms with E-state index >= 15 is 0 Å². The largest absolute Gasteiger partial charge is 0.397 e. The van der Waals surface area contributed by atoms with E-state index in [1.165, 1.54) is 12.1 Å². The zero-order valence-corrected chi connectivity index (χ0v) is 12.9. The summed E-state index contributed by atoms with van der Waals surface area (Å²) in [4.78, 5) is 13.4. The second kappa shape index (κ2) is 5.93. The van der Waals surface area contributed by atoms with Crippen LogP contribution in [0.5, 0.6) is 0 Å². The Balaban J connectivity index is 2.37. The summed E-state index contributed by atoms with van der Waals surface area (Å²) in [5.74, 6) is -0.423. The van der Waals surface area contributed by atoms with Gasteiger partial charge < -0.3 is 16.4 Å². The number of benzene rings is 1. The molecule has 1 aromatic rings. The number of carbonyl (C=O) groups is 1. The van der Waals surface area contributed by atoms with Gasteiger partial charge in [-0.25, -0.2) is 8.42 Å². The van der Waals surface area contributed by atoms with E-state index in [0.717, 1.165) is 31.9 Å². The minimum absolute atomic E-state index is 0.0904. The molecule has 116 valence electrons. The number of carbonyl (C=O) groups excluding carboxylic acids is 1. The molecule has 2 rings (SSSR count). The summed E-state index contributed by atoms with van der Waals surface area (Å²) in [7, 11) is -3.30. The van der Waals surface area contributed by atoms with E-state index in [-0.39, 0.29) is 17.5 Å². The van der Waals surface area contributed by atoms with Crippen LogP contribution in [0.1, 0.15) is 25.7 Å². The van der Waals surface area contributed by atoms with Crippen molar-refractivity contribution in [2.45, 2.75) is 36.6 Å². The summed E-state index contributed by atoms with van der Waals surface area (Å²) in [6, 6.07) is 4.84. The van der Waals surface area contributed by atoms with Crippen molar-refractivity contribution < 1.29 is 13.2 Å². The molecule has 1 aliphatic carbocycles. The molecule has 4 N–H and O–H groups in total. The van der Waals surface area contributed by atoms with Gasteiger partial charge in [-0.1, -0.05) is 12.8 Å². The first-order valence-corrected chi connectivity index (χ1v) is 8.82. The Morgan fingerprint density at radius 1 is 1.33 bits per heavy atom. The first-order valence-electron chi connectivity index (χ1n) is 6.93. The van der Waals surface area contributed by atoms with E-state index in [2.05, 4.69) is 0 Å². The lowest BCUT2D eigenvalue weighted by Gasteiger charge is -2.31. The number of rotatable bonds is 5. The molecule has 0 saturated heterocycles. The van der Waals surface area contributed by atoms with E-state index in [4.69, 9.17) is 11.5 Å². The molecule has 0 atom stereocenters. The van der Waals surface area contributed by atoms with Crippen LogP contribution < -0.4 is 16.4 Å². The molecule has 0 bridgehead atoms. The molecule has 1 aliphatic rings. The van der Waals surface area contributed by atoms with Crippen LogP contribution in [0.3, 0.4) is 0 Å². The minimum Gasteiger partial charge on any atom is -0.397 e. The predicted octanol–water partition coefficient (Wildman–Crippen LogP) is 0.907. The van der Waals surface area contributed by atoms with Gasteiger partial charge in [0, 0.05) is 12.3 Å². The number of nitrogen functional groups attached to an aromatic ring is 1. The van der Waals surface area contributed by atoms with Gasteiger partial charge in [0.15, 0.2) is 9.84 Å². The van der Waals surface area contributed by atoms with E-state index in [9.17, 15) is 13.2 Å². The van der Waals surface area contributed by atoms with Gasteiger partial charge in [-0.15, -0.1) is 0 Å². The van der Waals surface area contributed by atoms with Crippen LogP contribution in [0.15, 0.2) is 23.1 Å². The highest BCUT2D eigenvalue weighted by Crippen LogP contribution is 2.32. The first kappa shape index (κ1) is 15.6. The smallest absolute Gasteiger partial charge is 0.236 e. The molecule has 1 amide bonds. The van der Waals surface area contributed by atoms with Crippen LogP contribution in [0, 0.1) is 0 Å². The standard InChI is InChI=1S/C14H21N3O3S/c1-21(19,20)11-6-7-13(12(15)8-11)17(9-14(16)18)10-4-2-3-5-10/h6-8,10H,2-5,9,15H2,1H3,(H2,16,18). The minimum atomic E-state index is -3.30. The summed E-state index contributed by atoms with van der Waals surface area (Å²) in [6.45, 7) is 0.0904. The Bertz CT molecular complexity index is 637. The lowest BCUT2D eigenvalue weighted by molar-refractivity contribution is -0.116. The molecule has 21 heavy (non-hydrogen) atoms. The molecule has 0 heterocycles. The molecule has 0 radical (unpaired) electrons. The van der Waals surface area contributed by atoms with E-state index < -0.39 is 15.7 Å². The molecule has 1 aromatic carbocycles. The molecular formula is C14H21N3O3S. The van der Waals surface area contributed by atoms with Crippen molar-refractivity contribution in [3.63, 3.8) is 0 Å². The Hall–Kier alpha value is -1.76. The molecule has 6 nitrogen and oxygen atoms in total. The maximum atomic E-state index is 11.6. The van der Waals surface area contributed by atoms with Crippen LogP contribution in [-0.2, 0) is 14.6 Å². The third-order valence-electron chi connectivity index (χ3n) is 3.83. The van der Waals surface area contributed by atoms with Crippen molar-refractivity contribution in [2.24, 2.45) is 5.73 Å². The zero-order valence-electron chi connectivity index (χ0n) is 12.1. The van der Waals surface area contributed by atoms with Gasteiger partial charge in [0.05, 0.1) is 22.8 Å². The first-order chi connectivity index (χ1) is 9.79. The highest BCUT2D eigenvalue weighted by atomic mass is 32.2. The van der Waals surface area contributed by atoms with Crippen molar-refractivity contribution in [1.82, 2.24) is 0 Å². The highest BCUT2D eigenvalue weighted by Gasteiger charge is 2.25. The average molecular weight is 311 g/mol. The van der Waals surface area contributed by atoms with Gasteiger partial charge in [-0.3, -0.25) is 4.79 Å². The third-order valence-corrected chi connectivity index (χ3v) is 4.94. The summed E-state index contributed by atoms with van der Waals surface area (Å²) >= 11 is 0. The number of anilines is 2. The van der Waals surface area contributed by atoms with Gasteiger partial charge in [-0.05, 0) is 31.0 Å². The molecule has 0 aliphatic heterocycles. The van der Waals surface area contributed by atoms with Crippen LogP contribution in [0.4, 0.5) is 11.4 Å². The number of hydrogen-bond acceptors (Lipinski definition) is 5. The summed E-state index contributed by atoms with van der Waals surface area (Å²) in [6.07, 6.45) is 5.34. The number of hydrogen-bond donors (Lipinski definition) is 2. The lowest BCUT2D eigenvalue weighted by atomic mass is 10.1. The monoisotopic (exact) mass is 311 g/mol. The summed E-state index contributed by atoms with van der Waals surface area (Å²) in [5, 5.41) is 0. The number of sulfone groups is 1. The Morgan fingerprint density at radius 2 is 1.95 bits per heavy atom. The Morgan fingerprint density at radius 3 is 2.43 bits per heavy atom.